The van der Waals surface area contributed by atoms with Crippen molar-refractivity contribution < 1.29 is 33.9 Å². The number of unbranched alkanes of at least 4 members (excludes halogenated alkanes) is 3. The average Bonchev–Trinajstić information content (AvgIpc) is 3.23. The molecule has 0 unspecified atom stereocenters. The molecule has 1 rings (SSSR count). The zero-order valence-corrected chi connectivity index (χ0v) is 18.3. The Morgan fingerprint density at radius 3 is 2.47 bits per heavy atom. The molecule has 0 spiro atoms. The van der Waals surface area contributed by atoms with Gasteiger partial charge in [0.1, 0.15) is 6.04 Å². The molecule has 1 aromatic heterocycles. The van der Waals surface area contributed by atoms with E-state index in [1.165, 1.54) is 0 Å². The van der Waals surface area contributed by atoms with Crippen molar-refractivity contribution in [3.05, 3.63) is 11.7 Å². The standard InChI is InChI=1S/C19H32N6O7/c1-3-4-5-6-9-21-14(28)8-7-13(17-24-16(25-32-17)12(20)10-26)22-19(31)23-15(11(2)27)18(29)30/h12-13,15,26H,3-10,20H2,1-2H3,(H,21,28)(H,29,30)(H2,22,23,31)/t12-,13+,15-/m0/s1. The second-order valence-electron chi connectivity index (χ2n) is 7.28. The van der Waals surface area contributed by atoms with Crippen molar-refractivity contribution in [1.29, 1.82) is 0 Å². The average molecular weight is 457 g/mol. The first-order valence-electron chi connectivity index (χ1n) is 10.5. The number of nitrogens with one attached hydrogen (secondary N) is 3. The van der Waals surface area contributed by atoms with Gasteiger partial charge >= 0.3 is 12.0 Å². The quantitative estimate of drug-likeness (QED) is 0.153. The van der Waals surface area contributed by atoms with Gasteiger partial charge in [0.15, 0.2) is 17.6 Å². The molecule has 1 heterocycles. The van der Waals surface area contributed by atoms with Crippen molar-refractivity contribution in [2.45, 2.75) is 70.5 Å². The summed E-state index contributed by atoms with van der Waals surface area (Å²) in [5, 5.41) is 29.1. The van der Waals surface area contributed by atoms with Gasteiger partial charge in [-0.25, -0.2) is 9.59 Å². The molecule has 13 heteroatoms. The SMILES string of the molecule is CCCCCCNC(=O)CC[C@@H](NC(=O)N[C@@H](C(C)=O)C(=O)O)c1nc([C@@H](N)CO)no1. The van der Waals surface area contributed by atoms with Gasteiger partial charge in [0.2, 0.25) is 11.8 Å². The van der Waals surface area contributed by atoms with Gasteiger partial charge in [0, 0.05) is 13.0 Å². The number of aliphatic hydroxyl groups is 1. The Morgan fingerprint density at radius 2 is 1.88 bits per heavy atom. The fraction of sp³-hybridized carbons (Fsp3) is 0.684. The van der Waals surface area contributed by atoms with E-state index in [1.54, 1.807) is 0 Å². The third-order valence-electron chi connectivity index (χ3n) is 4.53. The smallest absolute Gasteiger partial charge is 0.334 e. The number of carboxylic acids is 1. The second-order valence-corrected chi connectivity index (χ2v) is 7.28. The monoisotopic (exact) mass is 456 g/mol. The van der Waals surface area contributed by atoms with Crippen molar-refractivity contribution in [2.75, 3.05) is 13.2 Å². The minimum Gasteiger partial charge on any atom is -0.479 e. The van der Waals surface area contributed by atoms with Crippen molar-refractivity contribution in [2.24, 2.45) is 5.73 Å². The molecule has 0 aromatic carbocycles. The number of aliphatic carboxylic acids is 1. The number of amides is 3. The van der Waals surface area contributed by atoms with Crippen LogP contribution < -0.4 is 21.7 Å². The molecule has 0 aliphatic heterocycles. The van der Waals surface area contributed by atoms with Gasteiger partial charge in [-0.15, -0.1) is 0 Å². The summed E-state index contributed by atoms with van der Waals surface area (Å²) in [6, 6.07) is -4.57. The van der Waals surface area contributed by atoms with E-state index in [9.17, 15) is 19.2 Å². The van der Waals surface area contributed by atoms with Crippen LogP contribution in [0.1, 0.15) is 76.2 Å². The number of Topliss-reactive ketones (excluding diaryl/α,β-unsaturated/α-hetero) is 1. The van der Waals surface area contributed by atoms with E-state index in [0.29, 0.717) is 6.54 Å². The van der Waals surface area contributed by atoms with Crippen LogP contribution >= 0.6 is 0 Å². The number of carbonyl (C=O) groups is 4. The molecule has 32 heavy (non-hydrogen) atoms. The minimum atomic E-state index is -1.73. The highest BCUT2D eigenvalue weighted by atomic mass is 16.5. The molecule has 0 bridgehead atoms. The fourth-order valence-electron chi connectivity index (χ4n) is 2.69. The number of carboxylic acid groups (broad SMARTS) is 1. The van der Waals surface area contributed by atoms with E-state index in [4.69, 9.17) is 20.5 Å². The highest BCUT2D eigenvalue weighted by molar-refractivity contribution is 6.03. The number of urea groups is 1. The summed E-state index contributed by atoms with van der Waals surface area (Å²) in [6.07, 6.45) is 4.11. The Kier molecular flexibility index (Phi) is 11.9. The predicted molar refractivity (Wildman–Crippen MR) is 111 cm³/mol. The molecule has 13 nitrogen and oxygen atoms in total. The number of nitrogens with zero attached hydrogens (tertiary/aromatic N) is 2. The summed E-state index contributed by atoms with van der Waals surface area (Å²) in [5.74, 6) is -2.60. The Balaban J connectivity index is 2.79. The Labute approximate surface area is 185 Å². The Bertz CT molecular complexity index is 755. The first-order valence-corrected chi connectivity index (χ1v) is 10.5. The number of hydrogen-bond donors (Lipinski definition) is 6. The van der Waals surface area contributed by atoms with Gasteiger partial charge in [-0.3, -0.25) is 9.59 Å². The summed E-state index contributed by atoms with van der Waals surface area (Å²) in [6.45, 7) is 3.22. The molecular formula is C19H32N6O7. The van der Waals surface area contributed by atoms with E-state index >= 15 is 0 Å². The molecule has 3 amide bonds. The van der Waals surface area contributed by atoms with Crippen molar-refractivity contribution in [1.82, 2.24) is 26.1 Å². The van der Waals surface area contributed by atoms with Gasteiger partial charge in [0.05, 0.1) is 12.6 Å². The van der Waals surface area contributed by atoms with Gasteiger partial charge in [0.25, 0.3) is 0 Å². The summed E-state index contributed by atoms with van der Waals surface area (Å²) in [5.41, 5.74) is 5.65. The van der Waals surface area contributed by atoms with Crippen LogP contribution in [-0.2, 0) is 14.4 Å². The number of nitrogens with two attached hydrogens (primary N) is 1. The molecule has 0 saturated heterocycles. The third-order valence-corrected chi connectivity index (χ3v) is 4.53. The largest absolute Gasteiger partial charge is 0.479 e. The minimum absolute atomic E-state index is 0.00207. The molecule has 3 atom stereocenters. The number of carbonyl (C=O) groups excluding carboxylic acids is 3. The number of hydrogen-bond acceptors (Lipinski definition) is 9. The lowest BCUT2D eigenvalue weighted by Gasteiger charge is -2.17. The molecular weight excluding hydrogens is 424 g/mol. The van der Waals surface area contributed by atoms with Crippen LogP contribution in [-0.4, -0.2) is 63.2 Å². The van der Waals surface area contributed by atoms with Crippen molar-refractivity contribution in [3.8, 4) is 0 Å². The number of ketones is 1. The second kappa shape index (κ2) is 14.1. The van der Waals surface area contributed by atoms with Crippen LogP contribution in [0.2, 0.25) is 0 Å². The van der Waals surface area contributed by atoms with Gasteiger partial charge < -0.3 is 36.4 Å². The lowest BCUT2D eigenvalue weighted by molar-refractivity contribution is -0.142. The zero-order chi connectivity index (χ0) is 24.1. The van der Waals surface area contributed by atoms with Gasteiger partial charge in [-0.1, -0.05) is 31.3 Å². The van der Waals surface area contributed by atoms with E-state index < -0.39 is 42.5 Å². The summed E-state index contributed by atoms with van der Waals surface area (Å²) >= 11 is 0. The zero-order valence-electron chi connectivity index (χ0n) is 18.3. The van der Waals surface area contributed by atoms with Gasteiger partial charge in [-0.05, 0) is 19.8 Å². The van der Waals surface area contributed by atoms with Crippen LogP contribution in [0.3, 0.4) is 0 Å². The highest BCUT2D eigenvalue weighted by Crippen LogP contribution is 2.18. The topological polar surface area (TPSA) is 210 Å². The van der Waals surface area contributed by atoms with Crippen LogP contribution in [0.4, 0.5) is 4.79 Å². The van der Waals surface area contributed by atoms with E-state index in [1.807, 2.05) is 5.32 Å². The molecule has 0 aliphatic rings. The van der Waals surface area contributed by atoms with E-state index in [2.05, 4.69) is 27.7 Å². The van der Waals surface area contributed by atoms with E-state index in [0.717, 1.165) is 32.6 Å². The molecule has 180 valence electrons. The van der Waals surface area contributed by atoms with Crippen molar-refractivity contribution in [3.63, 3.8) is 0 Å². The molecule has 7 N–H and O–H groups in total. The van der Waals surface area contributed by atoms with Crippen LogP contribution in [0.25, 0.3) is 0 Å². The number of rotatable bonds is 15. The van der Waals surface area contributed by atoms with Crippen LogP contribution in [0, 0.1) is 0 Å². The van der Waals surface area contributed by atoms with Crippen LogP contribution in [0.15, 0.2) is 4.52 Å². The summed E-state index contributed by atoms with van der Waals surface area (Å²) < 4.78 is 5.10. The molecule has 0 saturated carbocycles. The maximum Gasteiger partial charge on any atom is 0.334 e. The number of aromatic nitrogens is 2. The van der Waals surface area contributed by atoms with Crippen LogP contribution in [0.5, 0.6) is 0 Å². The predicted octanol–water partition coefficient (Wildman–Crippen LogP) is -0.0791. The lowest BCUT2D eigenvalue weighted by Crippen LogP contribution is -2.50. The lowest BCUT2D eigenvalue weighted by atomic mass is 10.1. The first-order chi connectivity index (χ1) is 15.2. The molecule has 0 radical (unpaired) electrons. The summed E-state index contributed by atoms with van der Waals surface area (Å²) in [4.78, 5) is 51.0. The van der Waals surface area contributed by atoms with Gasteiger partial charge in [-0.2, -0.15) is 4.98 Å². The van der Waals surface area contributed by atoms with E-state index in [-0.39, 0.29) is 30.5 Å². The normalized spacial score (nSPS) is 13.6. The maximum absolute atomic E-state index is 12.3. The molecule has 0 fully saturated rings. The maximum atomic E-state index is 12.3. The Hall–Kier alpha value is -3.06. The van der Waals surface area contributed by atoms with Crippen molar-refractivity contribution >= 4 is 23.7 Å². The third kappa shape index (κ3) is 9.39. The highest BCUT2D eigenvalue weighted by Gasteiger charge is 2.28. The number of aliphatic hydroxyl groups excluding tert-OH is 1. The summed E-state index contributed by atoms with van der Waals surface area (Å²) in [7, 11) is 0. The Morgan fingerprint density at radius 1 is 1.16 bits per heavy atom. The fourth-order valence-corrected chi connectivity index (χ4v) is 2.69. The molecule has 0 aliphatic carbocycles. The first kappa shape index (κ1) is 27.0. The molecule has 1 aromatic rings.